The van der Waals surface area contributed by atoms with Gasteiger partial charge in [0.15, 0.2) is 5.82 Å². The SMILES string of the molecule is COc1c(N(CCN(C)C)CC(C)C)nc[nH]c1=O. The van der Waals surface area contributed by atoms with Gasteiger partial charge in [-0.05, 0) is 20.0 Å². The molecule has 0 bridgehead atoms. The van der Waals surface area contributed by atoms with Crippen molar-refractivity contribution in [2.75, 3.05) is 45.7 Å². The maximum atomic E-state index is 11.7. The van der Waals surface area contributed by atoms with Gasteiger partial charge in [0.1, 0.15) is 0 Å². The van der Waals surface area contributed by atoms with Crippen molar-refractivity contribution >= 4 is 5.82 Å². The number of anilines is 1. The van der Waals surface area contributed by atoms with E-state index < -0.39 is 0 Å². The van der Waals surface area contributed by atoms with E-state index in [4.69, 9.17) is 4.74 Å². The minimum atomic E-state index is -0.244. The number of likely N-dealkylation sites (N-methyl/N-ethyl adjacent to an activating group) is 1. The van der Waals surface area contributed by atoms with Gasteiger partial charge in [-0.25, -0.2) is 4.98 Å². The smallest absolute Gasteiger partial charge is 0.295 e. The maximum Gasteiger partial charge on any atom is 0.295 e. The third kappa shape index (κ3) is 4.55. The van der Waals surface area contributed by atoms with Crippen LogP contribution in [0, 0.1) is 5.92 Å². The number of aromatic amines is 1. The van der Waals surface area contributed by atoms with E-state index >= 15 is 0 Å². The Morgan fingerprint density at radius 2 is 2.05 bits per heavy atom. The number of nitrogens with one attached hydrogen (secondary N) is 1. The van der Waals surface area contributed by atoms with Crippen LogP contribution in [0.5, 0.6) is 5.75 Å². The topological polar surface area (TPSA) is 61.5 Å². The standard InChI is InChI=1S/C13H24N4O2/c1-10(2)8-17(7-6-16(3)4)12-11(19-5)13(18)15-9-14-12/h9-10H,6-8H2,1-5H3,(H,14,15,18). The zero-order valence-electron chi connectivity index (χ0n) is 12.4. The second kappa shape index (κ2) is 7.13. The molecule has 6 nitrogen and oxygen atoms in total. The van der Waals surface area contributed by atoms with Crippen LogP contribution in [0.1, 0.15) is 13.8 Å². The first-order valence-electron chi connectivity index (χ1n) is 6.47. The zero-order valence-corrected chi connectivity index (χ0v) is 12.4. The van der Waals surface area contributed by atoms with Crippen LogP contribution in [0.15, 0.2) is 11.1 Å². The van der Waals surface area contributed by atoms with Gasteiger partial charge in [-0.15, -0.1) is 0 Å². The number of hydrogen-bond acceptors (Lipinski definition) is 5. The van der Waals surface area contributed by atoms with Gasteiger partial charge in [-0.2, -0.15) is 0 Å². The van der Waals surface area contributed by atoms with E-state index in [1.54, 1.807) is 0 Å². The molecule has 0 aliphatic heterocycles. The van der Waals surface area contributed by atoms with E-state index in [9.17, 15) is 4.79 Å². The molecule has 108 valence electrons. The first kappa shape index (κ1) is 15.5. The fourth-order valence-corrected chi connectivity index (χ4v) is 1.83. The van der Waals surface area contributed by atoms with Crippen LogP contribution in [0.4, 0.5) is 5.82 Å². The Morgan fingerprint density at radius 1 is 1.37 bits per heavy atom. The quantitative estimate of drug-likeness (QED) is 0.792. The largest absolute Gasteiger partial charge is 0.489 e. The van der Waals surface area contributed by atoms with Crippen molar-refractivity contribution in [2.24, 2.45) is 5.92 Å². The lowest BCUT2D eigenvalue weighted by molar-refractivity contribution is 0.393. The highest BCUT2D eigenvalue weighted by molar-refractivity contribution is 5.50. The fourth-order valence-electron chi connectivity index (χ4n) is 1.83. The Morgan fingerprint density at radius 3 is 2.58 bits per heavy atom. The minimum Gasteiger partial charge on any atom is -0.489 e. The molecule has 0 atom stereocenters. The number of rotatable bonds is 7. The molecule has 0 amide bonds. The first-order chi connectivity index (χ1) is 8.95. The number of methoxy groups -OCH3 is 1. The Balaban J connectivity index is 3.02. The number of aromatic nitrogens is 2. The number of ether oxygens (including phenoxy) is 1. The van der Waals surface area contributed by atoms with Crippen molar-refractivity contribution in [3.8, 4) is 5.75 Å². The molecule has 1 rings (SSSR count). The summed E-state index contributed by atoms with van der Waals surface area (Å²) in [6.07, 6.45) is 1.42. The molecule has 0 aliphatic rings. The summed E-state index contributed by atoms with van der Waals surface area (Å²) < 4.78 is 5.18. The predicted octanol–water partition coefficient (Wildman–Crippen LogP) is 0.802. The van der Waals surface area contributed by atoms with E-state index in [2.05, 4.69) is 33.6 Å². The Hall–Kier alpha value is -1.56. The molecule has 0 aromatic carbocycles. The summed E-state index contributed by atoms with van der Waals surface area (Å²) in [5.74, 6) is 1.37. The van der Waals surface area contributed by atoms with E-state index in [0.717, 1.165) is 19.6 Å². The lowest BCUT2D eigenvalue weighted by atomic mass is 10.2. The monoisotopic (exact) mass is 268 g/mol. The van der Waals surface area contributed by atoms with Crippen molar-refractivity contribution in [3.05, 3.63) is 16.7 Å². The second-order valence-corrected chi connectivity index (χ2v) is 5.23. The number of nitrogens with zero attached hydrogens (tertiary/aromatic N) is 3. The highest BCUT2D eigenvalue weighted by atomic mass is 16.5. The summed E-state index contributed by atoms with van der Waals surface area (Å²) in [5, 5.41) is 0. The minimum absolute atomic E-state index is 0.244. The molecular weight excluding hydrogens is 244 g/mol. The molecule has 0 unspecified atom stereocenters. The lowest BCUT2D eigenvalue weighted by Gasteiger charge is -2.27. The van der Waals surface area contributed by atoms with Crippen molar-refractivity contribution in [1.29, 1.82) is 0 Å². The van der Waals surface area contributed by atoms with Crippen LogP contribution >= 0.6 is 0 Å². The first-order valence-corrected chi connectivity index (χ1v) is 6.47. The third-order valence-electron chi connectivity index (χ3n) is 2.70. The molecule has 1 heterocycles. The summed E-state index contributed by atoms with van der Waals surface area (Å²) in [6, 6.07) is 0. The van der Waals surface area contributed by atoms with Gasteiger partial charge in [0, 0.05) is 19.6 Å². The Kier molecular flexibility index (Phi) is 5.82. The fraction of sp³-hybridized carbons (Fsp3) is 0.692. The summed E-state index contributed by atoms with van der Waals surface area (Å²) >= 11 is 0. The maximum absolute atomic E-state index is 11.7. The third-order valence-corrected chi connectivity index (χ3v) is 2.70. The predicted molar refractivity (Wildman–Crippen MR) is 77.0 cm³/mol. The number of hydrogen-bond donors (Lipinski definition) is 1. The van der Waals surface area contributed by atoms with E-state index in [1.165, 1.54) is 13.4 Å². The average molecular weight is 268 g/mol. The molecule has 0 aliphatic carbocycles. The van der Waals surface area contributed by atoms with Crippen molar-refractivity contribution in [1.82, 2.24) is 14.9 Å². The molecule has 0 radical (unpaired) electrons. The molecule has 6 heteroatoms. The van der Waals surface area contributed by atoms with Gasteiger partial charge >= 0.3 is 0 Å². The highest BCUT2D eigenvalue weighted by Crippen LogP contribution is 2.21. The summed E-state index contributed by atoms with van der Waals surface area (Å²) in [6.45, 7) is 6.81. The molecule has 19 heavy (non-hydrogen) atoms. The van der Waals surface area contributed by atoms with Crippen molar-refractivity contribution in [3.63, 3.8) is 0 Å². The van der Waals surface area contributed by atoms with E-state index in [0.29, 0.717) is 11.7 Å². The molecule has 0 saturated carbocycles. The van der Waals surface area contributed by atoms with Gasteiger partial charge in [0.2, 0.25) is 5.75 Å². The van der Waals surface area contributed by atoms with Crippen LogP contribution in [-0.4, -0.2) is 55.7 Å². The number of H-pyrrole nitrogens is 1. The lowest BCUT2D eigenvalue weighted by Crippen LogP contribution is -2.36. The highest BCUT2D eigenvalue weighted by Gasteiger charge is 2.17. The van der Waals surface area contributed by atoms with Gasteiger partial charge in [-0.3, -0.25) is 4.79 Å². The molecular formula is C13H24N4O2. The Bertz CT molecular complexity index is 443. The summed E-state index contributed by atoms with van der Waals surface area (Å²) in [7, 11) is 5.54. The van der Waals surface area contributed by atoms with Crippen LogP contribution in [0.3, 0.4) is 0 Å². The summed E-state index contributed by atoms with van der Waals surface area (Å²) in [5.41, 5.74) is -0.244. The molecule has 1 aromatic heterocycles. The van der Waals surface area contributed by atoms with Gasteiger partial charge in [0.25, 0.3) is 5.56 Å². The van der Waals surface area contributed by atoms with Crippen molar-refractivity contribution in [2.45, 2.75) is 13.8 Å². The molecule has 0 saturated heterocycles. The van der Waals surface area contributed by atoms with Crippen LogP contribution in [0.25, 0.3) is 0 Å². The van der Waals surface area contributed by atoms with Crippen LogP contribution < -0.4 is 15.2 Å². The van der Waals surface area contributed by atoms with Crippen LogP contribution in [0.2, 0.25) is 0 Å². The normalized spacial score (nSPS) is 11.1. The molecule has 0 spiro atoms. The average Bonchev–Trinajstić information content (AvgIpc) is 2.33. The van der Waals surface area contributed by atoms with Gasteiger partial charge in [-0.1, -0.05) is 13.8 Å². The molecule has 1 N–H and O–H groups in total. The van der Waals surface area contributed by atoms with Gasteiger partial charge in [0.05, 0.1) is 13.4 Å². The Labute approximate surface area is 114 Å². The zero-order chi connectivity index (χ0) is 14.4. The van der Waals surface area contributed by atoms with Crippen molar-refractivity contribution < 1.29 is 4.74 Å². The second-order valence-electron chi connectivity index (χ2n) is 5.23. The molecule has 0 fully saturated rings. The van der Waals surface area contributed by atoms with E-state index in [-0.39, 0.29) is 11.3 Å². The van der Waals surface area contributed by atoms with Crippen LogP contribution in [-0.2, 0) is 0 Å². The van der Waals surface area contributed by atoms with E-state index in [1.807, 2.05) is 14.1 Å². The molecule has 1 aromatic rings. The van der Waals surface area contributed by atoms with Gasteiger partial charge < -0.3 is 19.5 Å². The summed E-state index contributed by atoms with van der Waals surface area (Å²) in [4.78, 5) is 22.7.